The number of carbonyl (C=O) groups excluding carboxylic acids is 1. The normalized spacial score (nSPS) is 10.2. The van der Waals surface area contributed by atoms with Gasteiger partial charge in [0.05, 0.1) is 17.3 Å². The molecule has 0 unspecified atom stereocenters. The van der Waals surface area contributed by atoms with Crippen LogP contribution in [0, 0.1) is 0 Å². The van der Waals surface area contributed by atoms with Crippen LogP contribution in [0.4, 0.5) is 0 Å². The first-order chi connectivity index (χ1) is 7.68. The maximum Gasteiger partial charge on any atom is 0.322 e. The van der Waals surface area contributed by atoms with Gasteiger partial charge in [0, 0.05) is 5.39 Å². The third kappa shape index (κ3) is 1.85. The maximum absolute atomic E-state index is 11.6. The van der Waals surface area contributed by atoms with Crippen LogP contribution in [-0.4, -0.2) is 33.7 Å². The molecule has 1 aromatic carbocycles. The van der Waals surface area contributed by atoms with Crippen LogP contribution < -0.4 is 5.32 Å². The summed E-state index contributed by atoms with van der Waals surface area (Å²) in [5, 5.41) is 18.1. The number of aromatic nitrogens is 2. The van der Waals surface area contributed by atoms with Gasteiger partial charge in [0.25, 0.3) is 5.91 Å². The highest BCUT2D eigenvalue weighted by Crippen LogP contribution is 2.15. The zero-order valence-corrected chi connectivity index (χ0v) is 8.23. The number of carboxylic acids is 1. The number of amides is 1. The van der Waals surface area contributed by atoms with Crippen molar-refractivity contribution in [3.05, 3.63) is 30.0 Å². The van der Waals surface area contributed by atoms with E-state index in [1.165, 1.54) is 0 Å². The van der Waals surface area contributed by atoms with Crippen LogP contribution >= 0.6 is 0 Å². The summed E-state index contributed by atoms with van der Waals surface area (Å²) >= 11 is 0. The predicted molar refractivity (Wildman–Crippen MR) is 56.1 cm³/mol. The molecule has 3 N–H and O–H groups in total. The van der Waals surface area contributed by atoms with Crippen molar-refractivity contribution in [1.82, 2.24) is 15.5 Å². The SMILES string of the molecule is O=C(O)CNC(=O)c1cccc2cn[nH]c12. The fourth-order valence-corrected chi connectivity index (χ4v) is 1.41. The molecule has 0 saturated heterocycles. The smallest absolute Gasteiger partial charge is 0.322 e. The minimum Gasteiger partial charge on any atom is -0.480 e. The number of fused-ring (bicyclic) bond motifs is 1. The molecule has 2 rings (SSSR count). The summed E-state index contributed by atoms with van der Waals surface area (Å²) < 4.78 is 0. The first-order valence-corrected chi connectivity index (χ1v) is 4.60. The Morgan fingerprint density at radius 2 is 2.25 bits per heavy atom. The summed E-state index contributed by atoms with van der Waals surface area (Å²) in [6, 6.07) is 5.14. The molecule has 1 heterocycles. The molecule has 0 saturated carbocycles. The van der Waals surface area contributed by atoms with Crippen molar-refractivity contribution in [2.75, 3.05) is 6.54 Å². The number of nitrogens with one attached hydrogen (secondary N) is 2. The molecule has 0 aliphatic heterocycles. The molecule has 0 aliphatic rings. The molecule has 0 aliphatic carbocycles. The Morgan fingerprint density at radius 3 is 3.00 bits per heavy atom. The van der Waals surface area contributed by atoms with Crippen molar-refractivity contribution >= 4 is 22.8 Å². The molecule has 1 aromatic heterocycles. The topological polar surface area (TPSA) is 95.1 Å². The van der Waals surface area contributed by atoms with E-state index < -0.39 is 18.4 Å². The monoisotopic (exact) mass is 219 g/mol. The van der Waals surface area contributed by atoms with Gasteiger partial charge >= 0.3 is 5.97 Å². The molecular formula is C10H9N3O3. The van der Waals surface area contributed by atoms with Crippen LogP contribution in [0.5, 0.6) is 0 Å². The van der Waals surface area contributed by atoms with Gasteiger partial charge in [-0.3, -0.25) is 14.7 Å². The van der Waals surface area contributed by atoms with Crippen molar-refractivity contribution < 1.29 is 14.7 Å². The fraction of sp³-hybridized carbons (Fsp3) is 0.100. The van der Waals surface area contributed by atoms with E-state index in [4.69, 9.17) is 5.11 Å². The summed E-state index contributed by atoms with van der Waals surface area (Å²) in [7, 11) is 0. The lowest BCUT2D eigenvalue weighted by atomic mass is 10.1. The second-order valence-electron chi connectivity index (χ2n) is 3.22. The Kier molecular flexibility index (Phi) is 2.55. The lowest BCUT2D eigenvalue weighted by Crippen LogP contribution is -2.29. The van der Waals surface area contributed by atoms with Crippen LogP contribution in [0.1, 0.15) is 10.4 Å². The summed E-state index contributed by atoms with van der Waals surface area (Å²) in [5.41, 5.74) is 0.988. The average Bonchev–Trinajstić information content (AvgIpc) is 2.73. The minimum atomic E-state index is -1.08. The standard InChI is InChI=1S/C10H9N3O3/c14-8(15)5-11-10(16)7-3-1-2-6-4-12-13-9(6)7/h1-4H,5H2,(H,11,16)(H,12,13)(H,14,15). The van der Waals surface area contributed by atoms with Crippen molar-refractivity contribution in [3.63, 3.8) is 0 Å². The first kappa shape index (κ1) is 10.2. The van der Waals surface area contributed by atoms with E-state index in [0.29, 0.717) is 11.1 Å². The lowest BCUT2D eigenvalue weighted by Gasteiger charge is -2.02. The Morgan fingerprint density at radius 1 is 1.44 bits per heavy atom. The van der Waals surface area contributed by atoms with Gasteiger partial charge in [-0.25, -0.2) is 0 Å². The average molecular weight is 219 g/mol. The second kappa shape index (κ2) is 4.01. The number of carboxylic acid groups (broad SMARTS) is 1. The molecule has 0 atom stereocenters. The van der Waals surface area contributed by atoms with Crippen molar-refractivity contribution in [2.24, 2.45) is 0 Å². The van der Waals surface area contributed by atoms with Gasteiger partial charge in [-0.05, 0) is 6.07 Å². The largest absolute Gasteiger partial charge is 0.480 e. The highest BCUT2D eigenvalue weighted by molar-refractivity contribution is 6.05. The van der Waals surface area contributed by atoms with Crippen LogP contribution in [0.15, 0.2) is 24.4 Å². The van der Waals surface area contributed by atoms with E-state index in [2.05, 4.69) is 15.5 Å². The maximum atomic E-state index is 11.6. The quantitative estimate of drug-likeness (QED) is 0.695. The van der Waals surface area contributed by atoms with Crippen LogP contribution in [-0.2, 0) is 4.79 Å². The van der Waals surface area contributed by atoms with Gasteiger partial charge in [-0.1, -0.05) is 12.1 Å². The number of carbonyl (C=O) groups is 2. The van der Waals surface area contributed by atoms with Crippen molar-refractivity contribution in [1.29, 1.82) is 0 Å². The van der Waals surface area contributed by atoms with Gasteiger partial charge in [0.15, 0.2) is 0 Å². The van der Waals surface area contributed by atoms with Gasteiger partial charge < -0.3 is 10.4 Å². The highest BCUT2D eigenvalue weighted by Gasteiger charge is 2.11. The van der Waals surface area contributed by atoms with Gasteiger partial charge in [-0.15, -0.1) is 0 Å². The number of H-pyrrole nitrogens is 1. The molecule has 2 aromatic rings. The fourth-order valence-electron chi connectivity index (χ4n) is 1.41. The molecule has 6 heteroatoms. The molecule has 82 valence electrons. The van der Waals surface area contributed by atoms with E-state index in [-0.39, 0.29) is 0 Å². The number of aromatic amines is 1. The third-order valence-corrected chi connectivity index (χ3v) is 2.12. The van der Waals surface area contributed by atoms with Crippen molar-refractivity contribution in [2.45, 2.75) is 0 Å². The van der Waals surface area contributed by atoms with E-state index in [0.717, 1.165) is 5.39 Å². The summed E-state index contributed by atoms with van der Waals surface area (Å²) in [4.78, 5) is 22.0. The summed E-state index contributed by atoms with van der Waals surface area (Å²) in [6.07, 6.45) is 1.60. The molecule has 1 amide bonds. The third-order valence-electron chi connectivity index (χ3n) is 2.12. The van der Waals surface area contributed by atoms with E-state index in [9.17, 15) is 9.59 Å². The summed E-state index contributed by atoms with van der Waals surface area (Å²) in [6.45, 7) is -0.399. The molecule has 0 fully saturated rings. The summed E-state index contributed by atoms with van der Waals surface area (Å²) in [5.74, 6) is -1.51. The van der Waals surface area contributed by atoms with Crippen LogP contribution in [0.25, 0.3) is 10.9 Å². The number of para-hydroxylation sites is 1. The number of hydrogen-bond donors (Lipinski definition) is 3. The number of aliphatic carboxylic acids is 1. The molecule has 6 nitrogen and oxygen atoms in total. The number of benzene rings is 1. The van der Waals surface area contributed by atoms with Crippen LogP contribution in [0.3, 0.4) is 0 Å². The Hall–Kier alpha value is -2.37. The zero-order valence-electron chi connectivity index (χ0n) is 8.23. The first-order valence-electron chi connectivity index (χ1n) is 4.60. The van der Waals surface area contributed by atoms with Gasteiger partial charge in [0.2, 0.25) is 0 Å². The van der Waals surface area contributed by atoms with E-state index in [1.807, 2.05) is 6.07 Å². The molecule has 0 spiro atoms. The molecular weight excluding hydrogens is 210 g/mol. The number of rotatable bonds is 3. The lowest BCUT2D eigenvalue weighted by molar-refractivity contribution is -0.135. The minimum absolute atomic E-state index is 0.385. The molecule has 0 radical (unpaired) electrons. The van der Waals surface area contributed by atoms with Crippen molar-refractivity contribution in [3.8, 4) is 0 Å². The second-order valence-corrected chi connectivity index (χ2v) is 3.22. The van der Waals surface area contributed by atoms with Crippen LogP contribution in [0.2, 0.25) is 0 Å². The van der Waals surface area contributed by atoms with E-state index in [1.54, 1.807) is 18.3 Å². The Labute approximate surface area is 90.3 Å². The van der Waals surface area contributed by atoms with Gasteiger partial charge in [-0.2, -0.15) is 5.10 Å². The number of nitrogens with zero attached hydrogens (tertiary/aromatic N) is 1. The predicted octanol–water partition coefficient (Wildman–Crippen LogP) is 0.377. The van der Waals surface area contributed by atoms with E-state index >= 15 is 0 Å². The zero-order chi connectivity index (χ0) is 11.5. The Balaban J connectivity index is 2.29. The highest BCUT2D eigenvalue weighted by atomic mass is 16.4. The molecule has 0 bridgehead atoms. The molecule has 16 heavy (non-hydrogen) atoms. The number of hydrogen-bond acceptors (Lipinski definition) is 3. The van der Waals surface area contributed by atoms with Gasteiger partial charge in [0.1, 0.15) is 6.54 Å². The Bertz CT molecular complexity index is 547.